The Bertz CT molecular complexity index is 607. The van der Waals surface area contributed by atoms with Crippen LogP contribution in [0.4, 0.5) is 0 Å². The predicted octanol–water partition coefficient (Wildman–Crippen LogP) is 3.65. The predicted molar refractivity (Wildman–Crippen MR) is 74.7 cm³/mol. The highest BCUT2D eigenvalue weighted by molar-refractivity contribution is 5.87. The van der Waals surface area contributed by atoms with Crippen LogP contribution in [-0.4, -0.2) is 11.3 Å². The average Bonchev–Trinajstić information content (AvgIpc) is 2.77. The van der Waals surface area contributed by atoms with Crippen molar-refractivity contribution in [3.05, 3.63) is 41.1 Å². The molecular formula is C16H17NO. The minimum Gasteiger partial charge on any atom is -0.358 e. The second-order valence-electron chi connectivity index (χ2n) is 4.90. The molecule has 2 aromatic rings. The molecule has 1 aliphatic carbocycles. The van der Waals surface area contributed by atoms with Gasteiger partial charge in [0.05, 0.1) is 0 Å². The van der Waals surface area contributed by atoms with Crippen LogP contribution in [0.25, 0.3) is 17.0 Å². The van der Waals surface area contributed by atoms with Crippen molar-refractivity contribution >= 4 is 23.3 Å². The Morgan fingerprint density at radius 1 is 1.22 bits per heavy atom. The number of aldehydes is 1. The summed E-state index contributed by atoms with van der Waals surface area (Å²) in [6, 6.07) is 6.48. The van der Waals surface area contributed by atoms with Crippen molar-refractivity contribution in [3.63, 3.8) is 0 Å². The SMILES string of the molecule is O=CCC=Cc1ccc2[nH]c3c(c2c1)CCCC3. The summed E-state index contributed by atoms with van der Waals surface area (Å²) in [5, 5.41) is 1.36. The standard InChI is InChI=1S/C16H17NO/c18-10-4-3-5-12-8-9-16-14(11-12)13-6-1-2-7-15(13)17-16/h3,5,8-11,17H,1-2,4,6-7H2. The number of aromatic amines is 1. The van der Waals surface area contributed by atoms with Gasteiger partial charge in [-0.15, -0.1) is 0 Å². The lowest BCUT2D eigenvalue weighted by atomic mass is 9.95. The van der Waals surface area contributed by atoms with E-state index in [0.29, 0.717) is 6.42 Å². The number of fused-ring (bicyclic) bond motifs is 3. The number of aryl methyl sites for hydroxylation is 2. The molecule has 0 fully saturated rings. The summed E-state index contributed by atoms with van der Waals surface area (Å²) in [6.07, 6.45) is 10.3. The smallest absolute Gasteiger partial charge is 0.123 e. The molecule has 1 N–H and O–H groups in total. The highest BCUT2D eigenvalue weighted by Gasteiger charge is 2.14. The number of benzene rings is 1. The lowest BCUT2D eigenvalue weighted by Crippen LogP contribution is -1.99. The molecule has 3 rings (SSSR count). The number of carbonyl (C=O) groups is 1. The van der Waals surface area contributed by atoms with Gasteiger partial charge >= 0.3 is 0 Å². The van der Waals surface area contributed by atoms with Gasteiger partial charge in [-0.25, -0.2) is 0 Å². The van der Waals surface area contributed by atoms with E-state index in [-0.39, 0.29) is 0 Å². The van der Waals surface area contributed by atoms with Crippen LogP contribution in [-0.2, 0) is 17.6 Å². The van der Waals surface area contributed by atoms with Crippen LogP contribution in [0, 0.1) is 0 Å². The molecule has 0 saturated heterocycles. The van der Waals surface area contributed by atoms with Crippen molar-refractivity contribution in [2.24, 2.45) is 0 Å². The molecule has 1 aliphatic rings. The summed E-state index contributed by atoms with van der Waals surface area (Å²) in [5.74, 6) is 0. The molecule has 0 radical (unpaired) electrons. The van der Waals surface area contributed by atoms with E-state index < -0.39 is 0 Å². The maximum Gasteiger partial charge on any atom is 0.123 e. The topological polar surface area (TPSA) is 32.9 Å². The van der Waals surface area contributed by atoms with Gasteiger partial charge in [0.25, 0.3) is 0 Å². The molecule has 18 heavy (non-hydrogen) atoms. The summed E-state index contributed by atoms with van der Waals surface area (Å²) < 4.78 is 0. The molecule has 0 amide bonds. The van der Waals surface area contributed by atoms with Gasteiger partial charge in [-0.3, -0.25) is 0 Å². The number of hydrogen-bond donors (Lipinski definition) is 1. The van der Waals surface area contributed by atoms with Crippen LogP contribution in [0.5, 0.6) is 0 Å². The first-order valence-corrected chi connectivity index (χ1v) is 6.62. The molecule has 0 saturated carbocycles. The monoisotopic (exact) mass is 239 g/mol. The van der Waals surface area contributed by atoms with Gasteiger partial charge in [0, 0.05) is 23.0 Å². The zero-order chi connectivity index (χ0) is 12.4. The van der Waals surface area contributed by atoms with Crippen LogP contribution < -0.4 is 0 Å². The highest BCUT2D eigenvalue weighted by Crippen LogP contribution is 2.29. The number of H-pyrrole nitrogens is 1. The largest absolute Gasteiger partial charge is 0.358 e. The maximum atomic E-state index is 10.3. The normalized spacial score (nSPS) is 15.1. The Balaban J connectivity index is 2.02. The lowest BCUT2D eigenvalue weighted by Gasteiger charge is -2.10. The summed E-state index contributed by atoms with van der Waals surface area (Å²) >= 11 is 0. The molecule has 0 atom stereocenters. The molecule has 1 aromatic carbocycles. The quantitative estimate of drug-likeness (QED) is 0.815. The van der Waals surface area contributed by atoms with Crippen molar-refractivity contribution in [1.29, 1.82) is 0 Å². The molecule has 2 nitrogen and oxygen atoms in total. The van der Waals surface area contributed by atoms with Crippen LogP contribution in [0.3, 0.4) is 0 Å². The lowest BCUT2D eigenvalue weighted by molar-refractivity contribution is -0.107. The van der Waals surface area contributed by atoms with E-state index in [2.05, 4.69) is 23.2 Å². The third-order valence-electron chi connectivity index (χ3n) is 3.66. The molecular weight excluding hydrogens is 222 g/mol. The van der Waals surface area contributed by atoms with Crippen LogP contribution in [0.15, 0.2) is 24.3 Å². The first-order chi connectivity index (χ1) is 8.88. The van der Waals surface area contributed by atoms with Crippen LogP contribution >= 0.6 is 0 Å². The van der Waals surface area contributed by atoms with Gasteiger partial charge in [0.1, 0.15) is 6.29 Å². The van der Waals surface area contributed by atoms with Gasteiger partial charge in [0.2, 0.25) is 0 Å². The Hall–Kier alpha value is -1.83. The molecule has 92 valence electrons. The summed E-state index contributed by atoms with van der Waals surface area (Å²) in [6.45, 7) is 0. The molecule has 1 heterocycles. The van der Waals surface area contributed by atoms with E-state index in [1.54, 1.807) is 0 Å². The van der Waals surface area contributed by atoms with Gasteiger partial charge in [-0.05, 0) is 48.9 Å². The van der Waals surface area contributed by atoms with Crippen molar-refractivity contribution in [1.82, 2.24) is 4.98 Å². The van der Waals surface area contributed by atoms with Gasteiger partial charge in [0.15, 0.2) is 0 Å². The second-order valence-corrected chi connectivity index (χ2v) is 4.90. The van der Waals surface area contributed by atoms with Gasteiger partial charge < -0.3 is 9.78 Å². The first kappa shape index (κ1) is 11.3. The molecule has 2 heteroatoms. The van der Waals surface area contributed by atoms with E-state index in [4.69, 9.17) is 0 Å². The minimum absolute atomic E-state index is 0.489. The Kier molecular flexibility index (Phi) is 3.01. The molecule has 0 spiro atoms. The molecule has 0 bridgehead atoms. The maximum absolute atomic E-state index is 10.3. The Labute approximate surface area is 107 Å². The van der Waals surface area contributed by atoms with Crippen molar-refractivity contribution in [2.45, 2.75) is 32.1 Å². The number of aromatic nitrogens is 1. The number of nitrogens with one attached hydrogen (secondary N) is 1. The average molecular weight is 239 g/mol. The minimum atomic E-state index is 0.489. The van der Waals surface area contributed by atoms with Gasteiger partial charge in [-0.2, -0.15) is 0 Å². The third-order valence-corrected chi connectivity index (χ3v) is 3.66. The van der Waals surface area contributed by atoms with E-state index in [0.717, 1.165) is 6.29 Å². The van der Waals surface area contributed by atoms with Gasteiger partial charge in [-0.1, -0.05) is 18.2 Å². The van der Waals surface area contributed by atoms with Crippen LogP contribution in [0.2, 0.25) is 0 Å². The first-order valence-electron chi connectivity index (χ1n) is 6.62. The number of hydrogen-bond acceptors (Lipinski definition) is 1. The fourth-order valence-electron chi connectivity index (χ4n) is 2.79. The fraction of sp³-hybridized carbons (Fsp3) is 0.312. The summed E-state index contributed by atoms with van der Waals surface area (Å²) in [5.41, 5.74) is 5.35. The fourth-order valence-corrected chi connectivity index (χ4v) is 2.79. The summed E-state index contributed by atoms with van der Waals surface area (Å²) in [4.78, 5) is 13.8. The molecule has 0 unspecified atom stereocenters. The molecule has 0 aliphatic heterocycles. The zero-order valence-corrected chi connectivity index (χ0v) is 10.4. The van der Waals surface area contributed by atoms with Crippen molar-refractivity contribution < 1.29 is 4.79 Å². The van der Waals surface area contributed by atoms with Crippen molar-refractivity contribution in [3.8, 4) is 0 Å². The number of rotatable bonds is 3. The van der Waals surface area contributed by atoms with Crippen molar-refractivity contribution in [2.75, 3.05) is 0 Å². The van der Waals surface area contributed by atoms with E-state index in [1.807, 2.05) is 12.2 Å². The van der Waals surface area contributed by atoms with Crippen LogP contribution in [0.1, 0.15) is 36.1 Å². The van der Waals surface area contributed by atoms with E-state index in [9.17, 15) is 4.79 Å². The second kappa shape index (κ2) is 4.81. The number of allylic oxidation sites excluding steroid dienone is 1. The highest BCUT2D eigenvalue weighted by atomic mass is 16.1. The van der Waals surface area contributed by atoms with E-state index in [1.165, 1.54) is 53.4 Å². The number of carbonyl (C=O) groups excluding carboxylic acids is 1. The Morgan fingerprint density at radius 2 is 2.11 bits per heavy atom. The molecule has 1 aromatic heterocycles. The Morgan fingerprint density at radius 3 is 3.00 bits per heavy atom. The third kappa shape index (κ3) is 1.99. The van der Waals surface area contributed by atoms with E-state index >= 15 is 0 Å². The zero-order valence-electron chi connectivity index (χ0n) is 10.4. The summed E-state index contributed by atoms with van der Waals surface area (Å²) in [7, 11) is 0.